The van der Waals surface area contributed by atoms with E-state index < -0.39 is 24.5 Å². The molecule has 1 N–H and O–H groups in total. The molecule has 0 amide bonds. The van der Waals surface area contributed by atoms with Gasteiger partial charge in [0.2, 0.25) is 0 Å². The van der Waals surface area contributed by atoms with Crippen LogP contribution in [0.5, 0.6) is 0 Å². The van der Waals surface area contributed by atoms with Crippen LogP contribution < -0.4 is 0 Å². The molecule has 0 unspecified atom stereocenters. The number of hydrogen-bond donors (Lipinski definition) is 1. The van der Waals surface area contributed by atoms with E-state index in [0.717, 1.165) is 6.07 Å². The first-order chi connectivity index (χ1) is 7.45. The zero-order chi connectivity index (χ0) is 12.3. The normalized spacial score (nSPS) is 10.8. The number of pyridine rings is 1. The predicted molar refractivity (Wildman–Crippen MR) is 55.1 cm³/mol. The number of halogens is 4. The summed E-state index contributed by atoms with van der Waals surface area (Å²) in [6.45, 7) is 0. The van der Waals surface area contributed by atoms with Crippen molar-refractivity contribution < 1.29 is 18.7 Å². The lowest BCUT2D eigenvalue weighted by molar-refractivity contribution is -0.136. The van der Waals surface area contributed by atoms with Crippen molar-refractivity contribution in [2.75, 3.05) is 0 Å². The van der Waals surface area contributed by atoms with Crippen molar-refractivity contribution in [2.24, 2.45) is 0 Å². The van der Waals surface area contributed by atoms with Crippen molar-refractivity contribution in [3.05, 3.63) is 28.0 Å². The van der Waals surface area contributed by atoms with Gasteiger partial charge >= 0.3 is 5.97 Å². The molecule has 88 valence electrons. The van der Waals surface area contributed by atoms with E-state index in [9.17, 15) is 13.6 Å². The quantitative estimate of drug-likeness (QED) is 0.675. The van der Waals surface area contributed by atoms with Crippen LogP contribution >= 0.6 is 23.2 Å². The van der Waals surface area contributed by atoms with E-state index in [1.165, 1.54) is 0 Å². The molecule has 3 nitrogen and oxygen atoms in total. The lowest BCUT2D eigenvalue weighted by Crippen LogP contribution is -2.06. The minimum atomic E-state index is -2.80. The highest BCUT2D eigenvalue weighted by Crippen LogP contribution is 2.26. The molecule has 0 saturated heterocycles. The monoisotopic (exact) mass is 269 g/mol. The Morgan fingerprint density at radius 3 is 2.62 bits per heavy atom. The Labute approximate surface area is 100 Å². The zero-order valence-corrected chi connectivity index (χ0v) is 9.40. The average molecular weight is 270 g/mol. The number of aromatic nitrogens is 1. The van der Waals surface area contributed by atoms with Gasteiger partial charge in [0.1, 0.15) is 10.8 Å². The van der Waals surface area contributed by atoms with Crippen LogP contribution in [0, 0.1) is 0 Å². The molecule has 0 bridgehead atoms. The second-order valence-corrected chi connectivity index (χ2v) is 3.61. The highest BCUT2D eigenvalue weighted by atomic mass is 35.5. The molecule has 0 fully saturated rings. The summed E-state index contributed by atoms with van der Waals surface area (Å²) in [6.07, 6.45) is -3.21. The third-order valence-corrected chi connectivity index (χ3v) is 2.46. The smallest absolute Gasteiger partial charge is 0.307 e. The van der Waals surface area contributed by atoms with E-state index in [2.05, 4.69) is 4.98 Å². The fourth-order valence-electron chi connectivity index (χ4n) is 1.18. The van der Waals surface area contributed by atoms with Crippen molar-refractivity contribution >= 4 is 29.2 Å². The van der Waals surface area contributed by atoms with E-state index in [1.807, 2.05) is 0 Å². The summed E-state index contributed by atoms with van der Waals surface area (Å²) >= 11 is 11.2. The Hall–Kier alpha value is -0.940. The van der Waals surface area contributed by atoms with Gasteiger partial charge in [0.05, 0.1) is 12.3 Å². The summed E-state index contributed by atoms with van der Waals surface area (Å²) in [5.74, 6) is -1.22. The zero-order valence-electron chi connectivity index (χ0n) is 7.88. The molecular formula is C9H7Cl2F2NO2. The Kier molecular flexibility index (Phi) is 4.44. The maximum absolute atomic E-state index is 12.4. The van der Waals surface area contributed by atoms with Crippen LogP contribution in [0.3, 0.4) is 0 Å². The second-order valence-electron chi connectivity index (χ2n) is 2.98. The van der Waals surface area contributed by atoms with E-state index in [1.54, 1.807) is 0 Å². The van der Waals surface area contributed by atoms with E-state index in [-0.39, 0.29) is 22.2 Å². The summed E-state index contributed by atoms with van der Waals surface area (Å²) in [4.78, 5) is 14.0. The third kappa shape index (κ3) is 3.02. The summed E-state index contributed by atoms with van der Waals surface area (Å²) in [6, 6.07) is 1.02. The van der Waals surface area contributed by atoms with Crippen LogP contribution in [0.15, 0.2) is 6.07 Å². The molecule has 1 heterocycles. The molecule has 16 heavy (non-hydrogen) atoms. The Morgan fingerprint density at radius 2 is 2.19 bits per heavy atom. The molecule has 1 aromatic rings. The molecule has 0 spiro atoms. The van der Waals surface area contributed by atoms with Crippen LogP contribution in [-0.2, 0) is 17.1 Å². The average Bonchev–Trinajstić information content (AvgIpc) is 2.16. The van der Waals surface area contributed by atoms with Gasteiger partial charge in [-0.3, -0.25) is 4.79 Å². The summed E-state index contributed by atoms with van der Waals surface area (Å²) in [5.41, 5.74) is -0.108. The van der Waals surface area contributed by atoms with Crippen molar-refractivity contribution in [3.63, 3.8) is 0 Å². The van der Waals surface area contributed by atoms with Crippen LogP contribution in [-0.4, -0.2) is 16.1 Å². The summed E-state index contributed by atoms with van der Waals surface area (Å²) < 4.78 is 24.8. The topological polar surface area (TPSA) is 50.2 Å². The third-order valence-electron chi connectivity index (χ3n) is 1.88. The Balaban J connectivity index is 3.24. The van der Waals surface area contributed by atoms with Gasteiger partial charge in [0.15, 0.2) is 0 Å². The number of rotatable bonds is 4. The van der Waals surface area contributed by atoms with Crippen LogP contribution in [0.1, 0.15) is 23.2 Å². The first-order valence-electron chi connectivity index (χ1n) is 4.19. The number of carboxylic acids is 1. The van der Waals surface area contributed by atoms with Crippen molar-refractivity contribution in [1.29, 1.82) is 0 Å². The molecule has 0 saturated carbocycles. The molecule has 0 aliphatic carbocycles. The van der Waals surface area contributed by atoms with E-state index >= 15 is 0 Å². The van der Waals surface area contributed by atoms with Crippen molar-refractivity contribution in [2.45, 2.75) is 18.7 Å². The predicted octanol–water partition coefficient (Wildman–Crippen LogP) is 3.04. The second kappa shape index (κ2) is 5.41. The fourth-order valence-corrected chi connectivity index (χ4v) is 1.84. The van der Waals surface area contributed by atoms with Crippen molar-refractivity contribution in [3.8, 4) is 0 Å². The minimum Gasteiger partial charge on any atom is -0.481 e. The van der Waals surface area contributed by atoms with Gasteiger partial charge in [0.25, 0.3) is 6.43 Å². The minimum absolute atomic E-state index is 0.0715. The first-order valence-corrected chi connectivity index (χ1v) is 5.11. The highest BCUT2D eigenvalue weighted by molar-refractivity contribution is 6.31. The SMILES string of the molecule is O=C(O)Cc1cc(C(F)F)nc(Cl)c1CCl. The first kappa shape index (κ1) is 13.1. The standard InChI is InChI=1S/C9H7Cl2F2NO2/c10-3-5-4(2-7(15)16)1-6(9(12)13)14-8(5)11/h1,9H,2-3H2,(H,15,16). The summed E-state index contributed by atoms with van der Waals surface area (Å²) in [5, 5.41) is 8.44. The number of alkyl halides is 3. The van der Waals surface area contributed by atoms with E-state index in [0.29, 0.717) is 0 Å². The van der Waals surface area contributed by atoms with Gasteiger partial charge in [-0.1, -0.05) is 11.6 Å². The van der Waals surface area contributed by atoms with Crippen LogP contribution in [0.4, 0.5) is 8.78 Å². The lowest BCUT2D eigenvalue weighted by atomic mass is 10.1. The van der Waals surface area contributed by atoms with Gasteiger partial charge < -0.3 is 5.11 Å². The van der Waals surface area contributed by atoms with Gasteiger partial charge in [-0.05, 0) is 11.6 Å². The van der Waals surface area contributed by atoms with Crippen LogP contribution in [0.2, 0.25) is 5.15 Å². The van der Waals surface area contributed by atoms with Crippen molar-refractivity contribution in [1.82, 2.24) is 4.98 Å². The molecule has 7 heteroatoms. The fraction of sp³-hybridized carbons (Fsp3) is 0.333. The number of carbonyl (C=O) groups is 1. The Morgan fingerprint density at radius 1 is 1.56 bits per heavy atom. The van der Waals surface area contributed by atoms with Gasteiger partial charge in [-0.25, -0.2) is 13.8 Å². The van der Waals surface area contributed by atoms with E-state index in [4.69, 9.17) is 28.3 Å². The molecule has 1 rings (SSSR count). The molecule has 0 aliphatic rings. The number of hydrogen-bond acceptors (Lipinski definition) is 2. The largest absolute Gasteiger partial charge is 0.481 e. The highest BCUT2D eigenvalue weighted by Gasteiger charge is 2.17. The summed E-state index contributed by atoms with van der Waals surface area (Å²) in [7, 11) is 0. The molecule has 0 radical (unpaired) electrons. The number of carboxylic acid groups (broad SMARTS) is 1. The van der Waals surface area contributed by atoms with Gasteiger partial charge in [-0.2, -0.15) is 0 Å². The number of aliphatic carboxylic acids is 1. The molecular weight excluding hydrogens is 263 g/mol. The maximum atomic E-state index is 12.4. The van der Waals surface area contributed by atoms with Gasteiger partial charge in [-0.15, -0.1) is 11.6 Å². The molecule has 0 aliphatic heterocycles. The Bertz CT molecular complexity index is 413. The maximum Gasteiger partial charge on any atom is 0.307 e. The van der Waals surface area contributed by atoms with Gasteiger partial charge in [0, 0.05) is 5.56 Å². The molecule has 0 aromatic carbocycles. The number of nitrogens with zero attached hydrogens (tertiary/aromatic N) is 1. The lowest BCUT2D eigenvalue weighted by Gasteiger charge is -2.09. The molecule has 1 aromatic heterocycles. The molecule has 0 atom stereocenters. The van der Waals surface area contributed by atoms with Crippen LogP contribution in [0.25, 0.3) is 0 Å².